The molecule has 2 heterocycles. The van der Waals surface area contributed by atoms with Crippen LogP contribution in [0.2, 0.25) is 0 Å². The highest BCUT2D eigenvalue weighted by Gasteiger charge is 2.27. The second-order valence-corrected chi connectivity index (χ2v) is 6.41. The van der Waals surface area contributed by atoms with Gasteiger partial charge in [0.25, 0.3) is 0 Å². The molecule has 3 aromatic rings. The van der Waals surface area contributed by atoms with Crippen molar-refractivity contribution >= 4 is 16.9 Å². The van der Waals surface area contributed by atoms with E-state index in [-0.39, 0.29) is 0 Å². The lowest BCUT2D eigenvalue weighted by Gasteiger charge is -2.12. The molecule has 5 nitrogen and oxygen atoms in total. The van der Waals surface area contributed by atoms with Gasteiger partial charge in [-0.15, -0.1) is 0 Å². The maximum atomic E-state index is 11.3. The highest BCUT2D eigenvalue weighted by molar-refractivity contribution is 5.97. The quantitative estimate of drug-likeness (QED) is 0.792. The van der Waals surface area contributed by atoms with Gasteiger partial charge in [0.15, 0.2) is 5.82 Å². The van der Waals surface area contributed by atoms with Gasteiger partial charge in [0, 0.05) is 30.3 Å². The molecule has 1 fully saturated rings. The number of aromatic nitrogens is 3. The molecule has 0 aliphatic heterocycles. The number of carbonyl (C=O) groups is 1. The van der Waals surface area contributed by atoms with Crippen LogP contribution < -0.4 is 0 Å². The van der Waals surface area contributed by atoms with Crippen LogP contribution in [0.5, 0.6) is 0 Å². The van der Waals surface area contributed by atoms with Crippen molar-refractivity contribution in [2.45, 2.75) is 31.6 Å². The summed E-state index contributed by atoms with van der Waals surface area (Å²) >= 11 is 0. The molecule has 24 heavy (non-hydrogen) atoms. The van der Waals surface area contributed by atoms with Crippen LogP contribution in [0.15, 0.2) is 36.7 Å². The van der Waals surface area contributed by atoms with Crippen LogP contribution in [0.4, 0.5) is 0 Å². The van der Waals surface area contributed by atoms with Crippen molar-refractivity contribution in [2.24, 2.45) is 7.05 Å². The zero-order valence-corrected chi connectivity index (χ0v) is 13.6. The van der Waals surface area contributed by atoms with Crippen molar-refractivity contribution in [2.75, 3.05) is 0 Å². The summed E-state index contributed by atoms with van der Waals surface area (Å²) in [5.74, 6) is 0.288. The number of benzene rings is 1. The smallest absolute Gasteiger partial charge is 0.335 e. The molecule has 0 unspecified atom stereocenters. The van der Waals surface area contributed by atoms with Gasteiger partial charge >= 0.3 is 5.97 Å². The van der Waals surface area contributed by atoms with Crippen molar-refractivity contribution < 1.29 is 9.90 Å². The van der Waals surface area contributed by atoms with Crippen LogP contribution in [0.3, 0.4) is 0 Å². The summed E-state index contributed by atoms with van der Waals surface area (Å²) in [5, 5.41) is 10.4. The highest BCUT2D eigenvalue weighted by atomic mass is 16.4. The lowest BCUT2D eigenvalue weighted by Crippen LogP contribution is -2.01. The summed E-state index contributed by atoms with van der Waals surface area (Å²) in [6.07, 6.45) is 8.31. The lowest BCUT2D eigenvalue weighted by atomic mass is 9.93. The number of carboxylic acid groups (broad SMARTS) is 1. The van der Waals surface area contributed by atoms with E-state index < -0.39 is 5.97 Å². The summed E-state index contributed by atoms with van der Waals surface area (Å²) in [7, 11) is 1.97. The third kappa shape index (κ3) is 2.28. The van der Waals surface area contributed by atoms with Crippen LogP contribution in [-0.2, 0) is 7.05 Å². The van der Waals surface area contributed by atoms with Gasteiger partial charge in [-0.1, -0.05) is 18.9 Å². The van der Waals surface area contributed by atoms with Gasteiger partial charge in [-0.05, 0) is 42.5 Å². The summed E-state index contributed by atoms with van der Waals surface area (Å²) < 4.78 is 2.05. The minimum Gasteiger partial charge on any atom is -0.478 e. The molecule has 2 aromatic heterocycles. The molecular formula is C19H19N3O2. The summed E-state index contributed by atoms with van der Waals surface area (Å²) in [6.45, 7) is 0. The average Bonchev–Trinajstić information content (AvgIpc) is 3.22. The van der Waals surface area contributed by atoms with E-state index in [9.17, 15) is 9.90 Å². The summed E-state index contributed by atoms with van der Waals surface area (Å²) in [4.78, 5) is 20.2. The molecule has 0 saturated heterocycles. The molecule has 0 bridgehead atoms. The number of nitrogens with zero attached hydrogens (tertiary/aromatic N) is 3. The zero-order valence-electron chi connectivity index (χ0n) is 13.6. The Morgan fingerprint density at radius 1 is 1.21 bits per heavy atom. The van der Waals surface area contributed by atoms with Gasteiger partial charge in [-0.2, -0.15) is 0 Å². The van der Waals surface area contributed by atoms with Gasteiger partial charge in [0.1, 0.15) is 0 Å². The number of hydrogen-bond acceptors (Lipinski definition) is 3. The molecule has 1 aliphatic carbocycles. The molecule has 0 radical (unpaired) electrons. The van der Waals surface area contributed by atoms with Gasteiger partial charge < -0.3 is 9.67 Å². The largest absolute Gasteiger partial charge is 0.478 e. The fourth-order valence-corrected chi connectivity index (χ4v) is 3.92. The third-order valence-electron chi connectivity index (χ3n) is 5.03. The van der Waals surface area contributed by atoms with Crippen molar-refractivity contribution in [3.8, 4) is 11.5 Å². The number of carboxylic acids is 1. The normalized spacial score (nSPS) is 15.2. The minimum atomic E-state index is -0.905. The Morgan fingerprint density at radius 2 is 1.92 bits per heavy atom. The molecule has 0 amide bonds. The molecule has 0 atom stereocenters. The highest BCUT2D eigenvalue weighted by Crippen LogP contribution is 2.43. The van der Waals surface area contributed by atoms with Gasteiger partial charge in [0.2, 0.25) is 0 Å². The Kier molecular flexibility index (Phi) is 3.56. The topological polar surface area (TPSA) is 68.0 Å². The SMILES string of the molecule is Cn1c(-c2ncccn2)c(C2CCCC2)c2ccc(C(=O)O)cc21. The summed E-state index contributed by atoms with van der Waals surface area (Å²) in [6, 6.07) is 7.20. The van der Waals surface area contributed by atoms with E-state index in [1.165, 1.54) is 31.2 Å². The average molecular weight is 321 g/mol. The van der Waals surface area contributed by atoms with E-state index >= 15 is 0 Å². The minimum absolute atomic E-state index is 0.307. The predicted octanol–water partition coefficient (Wildman–Crippen LogP) is 3.99. The molecule has 1 N–H and O–H groups in total. The van der Waals surface area contributed by atoms with E-state index in [1.54, 1.807) is 24.5 Å². The Bertz CT molecular complexity index is 909. The standard InChI is InChI=1S/C19H19N3O2/c1-22-15-11-13(19(23)24)7-8-14(15)16(12-5-2-3-6-12)17(22)18-20-9-4-10-21-18/h4,7-12H,2-3,5-6H2,1H3,(H,23,24). The second-order valence-electron chi connectivity index (χ2n) is 6.41. The van der Waals surface area contributed by atoms with Crippen LogP contribution in [0.1, 0.15) is 47.5 Å². The van der Waals surface area contributed by atoms with Crippen molar-refractivity contribution in [3.05, 3.63) is 47.8 Å². The molecule has 5 heteroatoms. The van der Waals surface area contributed by atoms with E-state index in [0.717, 1.165) is 16.6 Å². The van der Waals surface area contributed by atoms with Crippen molar-refractivity contribution in [1.82, 2.24) is 14.5 Å². The van der Waals surface area contributed by atoms with Crippen LogP contribution in [-0.4, -0.2) is 25.6 Å². The Balaban J connectivity index is 2.03. The van der Waals surface area contributed by atoms with E-state index in [1.807, 2.05) is 23.7 Å². The molecule has 1 saturated carbocycles. The first-order valence-corrected chi connectivity index (χ1v) is 8.30. The Morgan fingerprint density at radius 3 is 2.58 bits per heavy atom. The lowest BCUT2D eigenvalue weighted by molar-refractivity contribution is 0.0697. The van der Waals surface area contributed by atoms with Gasteiger partial charge in [-0.3, -0.25) is 0 Å². The van der Waals surface area contributed by atoms with E-state index in [4.69, 9.17) is 0 Å². The van der Waals surface area contributed by atoms with Crippen molar-refractivity contribution in [3.63, 3.8) is 0 Å². The third-order valence-corrected chi connectivity index (χ3v) is 5.03. The number of aryl methyl sites for hydroxylation is 1. The molecule has 122 valence electrons. The molecule has 0 spiro atoms. The number of aromatic carboxylic acids is 1. The first kappa shape index (κ1) is 14.9. The fraction of sp³-hybridized carbons (Fsp3) is 0.316. The number of rotatable bonds is 3. The Labute approximate surface area is 140 Å². The first-order valence-electron chi connectivity index (χ1n) is 8.30. The van der Waals surface area contributed by atoms with Gasteiger partial charge in [0.05, 0.1) is 11.3 Å². The molecule has 1 aromatic carbocycles. The maximum Gasteiger partial charge on any atom is 0.335 e. The molecule has 4 rings (SSSR count). The summed E-state index contributed by atoms with van der Waals surface area (Å²) in [5.41, 5.74) is 3.52. The van der Waals surface area contributed by atoms with Crippen LogP contribution in [0, 0.1) is 0 Å². The zero-order chi connectivity index (χ0) is 16.7. The van der Waals surface area contributed by atoms with Crippen LogP contribution >= 0.6 is 0 Å². The van der Waals surface area contributed by atoms with Crippen molar-refractivity contribution in [1.29, 1.82) is 0 Å². The monoisotopic (exact) mass is 321 g/mol. The number of fused-ring (bicyclic) bond motifs is 1. The predicted molar refractivity (Wildman–Crippen MR) is 92.1 cm³/mol. The van der Waals surface area contributed by atoms with E-state index in [2.05, 4.69) is 9.97 Å². The maximum absolute atomic E-state index is 11.3. The molecular weight excluding hydrogens is 302 g/mol. The second kappa shape index (κ2) is 5.74. The first-order chi connectivity index (χ1) is 11.7. The Hall–Kier alpha value is -2.69. The fourth-order valence-electron chi connectivity index (χ4n) is 3.92. The molecule has 1 aliphatic rings. The van der Waals surface area contributed by atoms with E-state index in [0.29, 0.717) is 17.3 Å². The van der Waals surface area contributed by atoms with Crippen LogP contribution in [0.25, 0.3) is 22.4 Å². The van der Waals surface area contributed by atoms with Gasteiger partial charge in [-0.25, -0.2) is 14.8 Å². The number of hydrogen-bond donors (Lipinski definition) is 1.